The van der Waals surface area contributed by atoms with Crippen molar-refractivity contribution < 1.29 is 13.6 Å². The van der Waals surface area contributed by atoms with Crippen LogP contribution in [-0.4, -0.2) is 11.3 Å². The molecule has 5 heteroatoms. The molecule has 0 bridgehead atoms. The highest BCUT2D eigenvalue weighted by Gasteiger charge is 2.19. The van der Waals surface area contributed by atoms with Crippen molar-refractivity contribution in [3.8, 4) is 0 Å². The zero-order valence-corrected chi connectivity index (χ0v) is 9.01. The normalized spacial score (nSPS) is 10.6. The lowest BCUT2D eigenvalue weighted by molar-refractivity contribution is 0.110. The number of carbonyl (C=O) groups is 1. The Hall–Kier alpha value is -0.840. The largest absolute Gasteiger partial charge is 0.298 e. The molecular weight excluding hydrogens is 256 g/mol. The third kappa shape index (κ3) is 1.97. The van der Waals surface area contributed by atoms with Crippen LogP contribution >= 0.6 is 15.9 Å². The van der Waals surface area contributed by atoms with Gasteiger partial charge in [-0.05, 0) is 12.5 Å². The molecule has 0 aliphatic rings. The average Bonchev–Trinajstić information content (AvgIpc) is 2.16. The fraction of sp³-hybridized carbons (Fsp3) is 0.333. The number of pyridine rings is 1. The number of rotatable bonds is 3. The van der Waals surface area contributed by atoms with E-state index in [1.807, 2.05) is 0 Å². The van der Waals surface area contributed by atoms with Crippen molar-refractivity contribution in [2.24, 2.45) is 0 Å². The highest BCUT2D eigenvalue weighted by atomic mass is 79.9. The van der Waals surface area contributed by atoms with Crippen molar-refractivity contribution >= 4 is 22.2 Å². The topological polar surface area (TPSA) is 30.0 Å². The van der Waals surface area contributed by atoms with Gasteiger partial charge in [0.25, 0.3) is 6.43 Å². The molecule has 0 radical (unpaired) electrons. The Kier molecular flexibility index (Phi) is 3.69. The number of aromatic nitrogens is 1. The van der Waals surface area contributed by atoms with E-state index >= 15 is 0 Å². The summed E-state index contributed by atoms with van der Waals surface area (Å²) < 4.78 is 25.2. The fourth-order valence-corrected chi connectivity index (χ4v) is 1.65. The summed E-state index contributed by atoms with van der Waals surface area (Å²) in [5.41, 5.74) is 0.467. The molecular formula is C9H8BrF2NO. The van der Waals surface area contributed by atoms with Gasteiger partial charge >= 0.3 is 0 Å². The lowest BCUT2D eigenvalue weighted by Gasteiger charge is -2.09. The van der Waals surface area contributed by atoms with Crippen LogP contribution in [0.5, 0.6) is 0 Å². The van der Waals surface area contributed by atoms with E-state index in [-0.39, 0.29) is 16.8 Å². The van der Waals surface area contributed by atoms with Crippen molar-refractivity contribution in [1.29, 1.82) is 0 Å². The SMILES string of the molecule is Cc1ncc(CBr)c(C=O)c1C(F)F. The van der Waals surface area contributed by atoms with Crippen molar-refractivity contribution in [2.45, 2.75) is 18.7 Å². The summed E-state index contributed by atoms with van der Waals surface area (Å²) in [5.74, 6) is 0. The first-order chi connectivity index (χ1) is 6.61. The van der Waals surface area contributed by atoms with Crippen LogP contribution in [-0.2, 0) is 5.33 Å². The number of aldehydes is 1. The Bertz CT molecular complexity index is 355. The van der Waals surface area contributed by atoms with E-state index in [1.165, 1.54) is 13.1 Å². The van der Waals surface area contributed by atoms with Gasteiger partial charge in [0.05, 0.1) is 0 Å². The first-order valence-corrected chi connectivity index (χ1v) is 5.01. The average molecular weight is 264 g/mol. The summed E-state index contributed by atoms with van der Waals surface area (Å²) in [6.45, 7) is 1.46. The van der Waals surface area contributed by atoms with E-state index in [0.717, 1.165) is 0 Å². The zero-order chi connectivity index (χ0) is 10.7. The molecule has 76 valence electrons. The van der Waals surface area contributed by atoms with E-state index < -0.39 is 6.43 Å². The number of carbonyl (C=O) groups excluding carboxylic acids is 1. The molecule has 0 unspecified atom stereocenters. The number of alkyl halides is 3. The molecule has 0 spiro atoms. The number of aryl methyl sites for hydroxylation is 1. The molecule has 0 saturated heterocycles. The van der Waals surface area contributed by atoms with Crippen LogP contribution in [0.1, 0.15) is 33.6 Å². The molecule has 0 amide bonds. The van der Waals surface area contributed by atoms with Gasteiger partial charge in [0.2, 0.25) is 0 Å². The molecule has 1 heterocycles. The van der Waals surface area contributed by atoms with Crippen molar-refractivity contribution in [2.75, 3.05) is 0 Å². The van der Waals surface area contributed by atoms with E-state index in [0.29, 0.717) is 17.2 Å². The van der Waals surface area contributed by atoms with Gasteiger partial charge in [-0.15, -0.1) is 0 Å². The Morgan fingerprint density at radius 1 is 1.64 bits per heavy atom. The first-order valence-electron chi connectivity index (χ1n) is 3.89. The van der Waals surface area contributed by atoms with Gasteiger partial charge in [-0.1, -0.05) is 15.9 Å². The van der Waals surface area contributed by atoms with Crippen molar-refractivity contribution in [3.63, 3.8) is 0 Å². The predicted molar refractivity (Wildman–Crippen MR) is 51.9 cm³/mol. The summed E-state index contributed by atoms with van der Waals surface area (Å²) in [5, 5.41) is 0.341. The minimum absolute atomic E-state index is 0.0457. The fourth-order valence-electron chi connectivity index (χ4n) is 1.20. The third-order valence-corrected chi connectivity index (χ3v) is 2.52. The second kappa shape index (κ2) is 4.59. The maximum Gasteiger partial charge on any atom is 0.266 e. The van der Waals surface area contributed by atoms with Gasteiger partial charge in [0.15, 0.2) is 6.29 Å². The number of nitrogens with zero attached hydrogens (tertiary/aromatic N) is 1. The van der Waals surface area contributed by atoms with Gasteiger partial charge in [-0.25, -0.2) is 8.78 Å². The quantitative estimate of drug-likeness (QED) is 0.620. The molecule has 0 fully saturated rings. The molecule has 0 aliphatic carbocycles. The monoisotopic (exact) mass is 263 g/mol. The van der Waals surface area contributed by atoms with Gasteiger partial charge in [-0.2, -0.15) is 0 Å². The Morgan fingerprint density at radius 3 is 2.71 bits per heavy atom. The van der Waals surface area contributed by atoms with Gasteiger partial charge in [-0.3, -0.25) is 9.78 Å². The summed E-state index contributed by atoms with van der Waals surface area (Å²) in [6.07, 6.45) is -0.784. The molecule has 0 atom stereocenters. The van der Waals surface area contributed by atoms with E-state index in [4.69, 9.17) is 0 Å². The van der Waals surface area contributed by atoms with Crippen LogP contribution in [0.4, 0.5) is 8.78 Å². The predicted octanol–water partition coefficient (Wildman–Crippen LogP) is 3.04. The molecule has 0 saturated carbocycles. The Labute approximate surface area is 88.5 Å². The standard InChI is InChI=1S/C9H8BrF2NO/c1-5-8(9(11)12)7(4-14)6(2-10)3-13-5/h3-4,9H,2H2,1H3. The maximum absolute atomic E-state index is 12.6. The molecule has 0 aliphatic heterocycles. The smallest absolute Gasteiger partial charge is 0.266 e. The molecule has 0 aromatic carbocycles. The lowest BCUT2D eigenvalue weighted by atomic mass is 10.0. The molecule has 1 aromatic heterocycles. The van der Waals surface area contributed by atoms with Gasteiger partial charge in [0.1, 0.15) is 0 Å². The number of halogens is 3. The molecule has 1 aromatic rings. The van der Waals surface area contributed by atoms with Crippen LogP contribution in [0.3, 0.4) is 0 Å². The molecule has 0 N–H and O–H groups in total. The van der Waals surface area contributed by atoms with Crippen LogP contribution in [0.25, 0.3) is 0 Å². The van der Waals surface area contributed by atoms with Gasteiger partial charge in [0, 0.05) is 28.3 Å². The highest BCUT2D eigenvalue weighted by molar-refractivity contribution is 9.08. The van der Waals surface area contributed by atoms with Crippen LogP contribution in [0.2, 0.25) is 0 Å². The molecule has 14 heavy (non-hydrogen) atoms. The Morgan fingerprint density at radius 2 is 2.29 bits per heavy atom. The minimum atomic E-state index is -2.67. The summed E-state index contributed by atoms with van der Waals surface area (Å²) >= 11 is 3.11. The van der Waals surface area contributed by atoms with E-state index in [9.17, 15) is 13.6 Å². The Balaban J connectivity index is 3.42. The number of hydrogen-bond acceptors (Lipinski definition) is 2. The van der Waals surface area contributed by atoms with Crippen molar-refractivity contribution in [3.05, 3.63) is 28.6 Å². The zero-order valence-electron chi connectivity index (χ0n) is 7.43. The third-order valence-electron chi connectivity index (χ3n) is 1.92. The second-order valence-corrected chi connectivity index (χ2v) is 3.31. The van der Waals surface area contributed by atoms with Crippen LogP contribution in [0.15, 0.2) is 6.20 Å². The van der Waals surface area contributed by atoms with E-state index in [2.05, 4.69) is 20.9 Å². The molecule has 1 rings (SSSR count). The van der Waals surface area contributed by atoms with Gasteiger partial charge < -0.3 is 0 Å². The molecule has 2 nitrogen and oxygen atoms in total. The van der Waals surface area contributed by atoms with Crippen LogP contribution < -0.4 is 0 Å². The second-order valence-electron chi connectivity index (χ2n) is 2.75. The highest BCUT2D eigenvalue weighted by Crippen LogP contribution is 2.27. The summed E-state index contributed by atoms with van der Waals surface area (Å²) in [4.78, 5) is 14.5. The maximum atomic E-state index is 12.6. The van der Waals surface area contributed by atoms with Crippen LogP contribution in [0, 0.1) is 6.92 Å². The summed E-state index contributed by atoms with van der Waals surface area (Å²) in [6, 6.07) is 0. The number of hydrogen-bond donors (Lipinski definition) is 0. The summed E-state index contributed by atoms with van der Waals surface area (Å²) in [7, 11) is 0. The van der Waals surface area contributed by atoms with E-state index in [1.54, 1.807) is 0 Å². The lowest BCUT2D eigenvalue weighted by Crippen LogP contribution is -2.03. The minimum Gasteiger partial charge on any atom is -0.298 e. The van der Waals surface area contributed by atoms with Crippen molar-refractivity contribution in [1.82, 2.24) is 4.98 Å². The first kappa shape index (κ1) is 11.2.